The second-order valence-corrected chi connectivity index (χ2v) is 8.56. The molecule has 5 nitrogen and oxygen atoms in total. The van der Waals surface area contributed by atoms with Crippen LogP contribution in [0.3, 0.4) is 0 Å². The minimum Gasteiger partial charge on any atom is -0.492 e. The van der Waals surface area contributed by atoms with Gasteiger partial charge in [-0.15, -0.1) is 0 Å². The summed E-state index contributed by atoms with van der Waals surface area (Å²) in [5.74, 6) is 1.93. The van der Waals surface area contributed by atoms with E-state index in [1.54, 1.807) is 0 Å². The van der Waals surface area contributed by atoms with E-state index in [0.717, 1.165) is 41.8 Å². The SMILES string of the molecule is CCC(C(=O)OC)C1CCc2cc(OCCc3nc(-c4ccccc4)oc3C)c(Cl)cc21. The van der Waals surface area contributed by atoms with Gasteiger partial charge in [0.15, 0.2) is 0 Å². The standard InChI is InChI=1S/C26H28ClNO4/c1-4-19(26(29)30-3)20-11-10-18-14-24(22(27)15-21(18)20)31-13-12-23-16(2)32-25(28-23)17-8-6-5-7-9-17/h5-9,14-15,19-20H,4,10-13H2,1-3H3. The van der Waals surface area contributed by atoms with Gasteiger partial charge in [0.1, 0.15) is 11.5 Å². The first-order valence-electron chi connectivity index (χ1n) is 11.1. The molecule has 2 aromatic carbocycles. The summed E-state index contributed by atoms with van der Waals surface area (Å²) >= 11 is 6.56. The molecule has 4 rings (SSSR count). The van der Waals surface area contributed by atoms with Gasteiger partial charge in [-0.05, 0) is 67.5 Å². The average Bonchev–Trinajstić information content (AvgIpc) is 3.38. The van der Waals surface area contributed by atoms with E-state index in [-0.39, 0.29) is 17.8 Å². The van der Waals surface area contributed by atoms with Crippen molar-refractivity contribution in [3.63, 3.8) is 0 Å². The van der Waals surface area contributed by atoms with Crippen molar-refractivity contribution in [2.45, 2.75) is 45.4 Å². The van der Waals surface area contributed by atoms with Crippen LogP contribution in [0.2, 0.25) is 5.02 Å². The lowest BCUT2D eigenvalue weighted by molar-refractivity contribution is -0.146. The zero-order chi connectivity index (χ0) is 22.7. The molecule has 1 aromatic heterocycles. The van der Waals surface area contributed by atoms with Crippen molar-refractivity contribution in [1.29, 1.82) is 0 Å². The molecular weight excluding hydrogens is 426 g/mol. The Hall–Kier alpha value is -2.79. The molecule has 6 heteroatoms. The maximum Gasteiger partial charge on any atom is 0.309 e. The first-order valence-corrected chi connectivity index (χ1v) is 11.4. The Bertz CT molecular complexity index is 1090. The number of rotatable bonds is 8. The minimum atomic E-state index is -0.153. The van der Waals surface area contributed by atoms with Gasteiger partial charge < -0.3 is 13.9 Å². The number of carbonyl (C=O) groups is 1. The first kappa shape index (κ1) is 22.4. The van der Waals surface area contributed by atoms with E-state index >= 15 is 0 Å². The molecule has 168 valence electrons. The van der Waals surface area contributed by atoms with E-state index in [0.29, 0.717) is 29.7 Å². The molecular formula is C26H28ClNO4. The van der Waals surface area contributed by atoms with Crippen LogP contribution in [0.5, 0.6) is 5.75 Å². The minimum absolute atomic E-state index is 0.141. The molecule has 2 unspecified atom stereocenters. The van der Waals surface area contributed by atoms with Gasteiger partial charge in [-0.25, -0.2) is 4.98 Å². The fourth-order valence-corrected chi connectivity index (χ4v) is 4.78. The van der Waals surface area contributed by atoms with E-state index in [2.05, 4.69) is 4.98 Å². The topological polar surface area (TPSA) is 61.6 Å². The van der Waals surface area contributed by atoms with Gasteiger partial charge in [0.2, 0.25) is 5.89 Å². The summed E-state index contributed by atoms with van der Waals surface area (Å²) in [5.41, 5.74) is 4.17. The molecule has 2 atom stereocenters. The molecule has 0 amide bonds. The Kier molecular flexibility index (Phi) is 6.85. The average molecular weight is 454 g/mol. The molecule has 0 aliphatic heterocycles. The molecule has 0 fully saturated rings. The predicted octanol–water partition coefficient (Wildman–Crippen LogP) is 6.15. The molecule has 1 aliphatic carbocycles. The predicted molar refractivity (Wildman–Crippen MR) is 124 cm³/mol. The highest BCUT2D eigenvalue weighted by Crippen LogP contribution is 2.44. The van der Waals surface area contributed by atoms with Gasteiger partial charge in [0.05, 0.1) is 30.4 Å². The Morgan fingerprint density at radius 1 is 1.28 bits per heavy atom. The largest absolute Gasteiger partial charge is 0.492 e. The monoisotopic (exact) mass is 453 g/mol. The number of ether oxygens (including phenoxy) is 2. The van der Waals surface area contributed by atoms with Crippen LogP contribution in [0.15, 0.2) is 46.9 Å². The maximum atomic E-state index is 12.2. The van der Waals surface area contributed by atoms with Crippen molar-refractivity contribution in [3.8, 4) is 17.2 Å². The molecule has 0 bridgehead atoms. The van der Waals surface area contributed by atoms with Crippen LogP contribution in [-0.4, -0.2) is 24.7 Å². The molecule has 3 aromatic rings. The van der Waals surface area contributed by atoms with Gasteiger partial charge in [0.25, 0.3) is 0 Å². The van der Waals surface area contributed by atoms with Crippen LogP contribution in [-0.2, 0) is 22.4 Å². The number of carbonyl (C=O) groups excluding carboxylic acids is 1. The van der Waals surface area contributed by atoms with Crippen molar-refractivity contribution in [3.05, 3.63) is 70.1 Å². The van der Waals surface area contributed by atoms with Crippen LogP contribution in [0.1, 0.15) is 48.3 Å². The van der Waals surface area contributed by atoms with Crippen LogP contribution in [0, 0.1) is 12.8 Å². The molecule has 0 saturated carbocycles. The highest BCUT2D eigenvalue weighted by atomic mass is 35.5. The van der Waals surface area contributed by atoms with Crippen LogP contribution < -0.4 is 4.74 Å². The summed E-state index contributed by atoms with van der Waals surface area (Å²) in [6.07, 6.45) is 3.19. The fraction of sp³-hybridized carbons (Fsp3) is 0.385. The van der Waals surface area contributed by atoms with E-state index in [1.165, 1.54) is 12.7 Å². The Labute approximate surface area is 193 Å². The van der Waals surface area contributed by atoms with E-state index < -0.39 is 0 Å². The number of halogens is 1. The summed E-state index contributed by atoms with van der Waals surface area (Å²) in [5, 5.41) is 0.567. The number of methoxy groups -OCH3 is 1. The third-order valence-corrected chi connectivity index (χ3v) is 6.55. The number of esters is 1. The summed E-state index contributed by atoms with van der Waals surface area (Å²) in [4.78, 5) is 16.8. The van der Waals surface area contributed by atoms with Crippen molar-refractivity contribution in [2.24, 2.45) is 5.92 Å². The number of oxazole rings is 1. The molecule has 1 aliphatic rings. The smallest absolute Gasteiger partial charge is 0.309 e. The van der Waals surface area contributed by atoms with E-state index in [1.807, 2.05) is 56.3 Å². The third-order valence-electron chi connectivity index (χ3n) is 6.26. The van der Waals surface area contributed by atoms with Gasteiger partial charge in [0, 0.05) is 12.0 Å². The summed E-state index contributed by atoms with van der Waals surface area (Å²) in [6.45, 7) is 4.39. The van der Waals surface area contributed by atoms with E-state index in [4.69, 9.17) is 25.5 Å². The van der Waals surface area contributed by atoms with Crippen molar-refractivity contribution >= 4 is 17.6 Å². The fourth-order valence-electron chi connectivity index (χ4n) is 4.56. The number of hydrogen-bond acceptors (Lipinski definition) is 5. The van der Waals surface area contributed by atoms with Crippen LogP contribution in [0.25, 0.3) is 11.5 Å². The molecule has 32 heavy (non-hydrogen) atoms. The lowest BCUT2D eigenvalue weighted by atomic mass is 9.85. The maximum absolute atomic E-state index is 12.2. The lowest BCUT2D eigenvalue weighted by Gasteiger charge is -2.21. The second-order valence-electron chi connectivity index (χ2n) is 8.15. The Balaban J connectivity index is 1.43. The van der Waals surface area contributed by atoms with E-state index in [9.17, 15) is 4.79 Å². The number of benzene rings is 2. The molecule has 0 N–H and O–H groups in total. The second kappa shape index (κ2) is 9.78. The van der Waals surface area contributed by atoms with Gasteiger partial charge in [-0.2, -0.15) is 0 Å². The number of aryl methyl sites for hydroxylation is 2. The Morgan fingerprint density at radius 2 is 2.06 bits per heavy atom. The molecule has 1 heterocycles. The highest BCUT2D eigenvalue weighted by molar-refractivity contribution is 6.32. The van der Waals surface area contributed by atoms with Gasteiger partial charge >= 0.3 is 5.97 Å². The molecule has 0 spiro atoms. The van der Waals surface area contributed by atoms with Crippen molar-refractivity contribution < 1.29 is 18.7 Å². The number of nitrogens with zero attached hydrogens (tertiary/aromatic N) is 1. The van der Waals surface area contributed by atoms with Crippen molar-refractivity contribution in [1.82, 2.24) is 4.98 Å². The highest BCUT2D eigenvalue weighted by Gasteiger charge is 2.34. The summed E-state index contributed by atoms with van der Waals surface area (Å²) in [6, 6.07) is 13.8. The zero-order valence-corrected chi connectivity index (χ0v) is 19.4. The Morgan fingerprint density at radius 3 is 2.78 bits per heavy atom. The molecule has 0 radical (unpaired) electrons. The molecule has 0 saturated heterocycles. The number of hydrogen-bond donors (Lipinski definition) is 0. The number of aromatic nitrogens is 1. The lowest BCUT2D eigenvalue weighted by Crippen LogP contribution is -2.21. The zero-order valence-electron chi connectivity index (χ0n) is 18.7. The van der Waals surface area contributed by atoms with Crippen LogP contribution >= 0.6 is 11.6 Å². The number of fused-ring (bicyclic) bond motifs is 1. The summed E-state index contributed by atoms with van der Waals surface area (Å²) < 4.78 is 16.9. The normalized spacial score (nSPS) is 15.9. The van der Waals surface area contributed by atoms with Gasteiger partial charge in [-0.1, -0.05) is 36.7 Å². The van der Waals surface area contributed by atoms with Crippen LogP contribution in [0.4, 0.5) is 0 Å². The first-order chi connectivity index (χ1) is 15.5. The summed E-state index contributed by atoms with van der Waals surface area (Å²) in [7, 11) is 1.45. The van der Waals surface area contributed by atoms with Crippen molar-refractivity contribution in [2.75, 3.05) is 13.7 Å². The van der Waals surface area contributed by atoms with Gasteiger partial charge in [-0.3, -0.25) is 4.79 Å². The quantitative estimate of drug-likeness (QED) is 0.382. The third kappa shape index (κ3) is 4.53.